The minimum atomic E-state index is -0.517. The van der Waals surface area contributed by atoms with Crippen LogP contribution in [0.2, 0.25) is 0 Å². The Kier molecular flexibility index (Phi) is 2.19. The van der Waals surface area contributed by atoms with Crippen molar-refractivity contribution in [2.75, 3.05) is 0 Å². The third-order valence-corrected chi connectivity index (χ3v) is 5.74. The molecule has 1 N–H and O–H groups in total. The van der Waals surface area contributed by atoms with Crippen molar-refractivity contribution in [3.63, 3.8) is 0 Å². The Morgan fingerprint density at radius 3 is 2.82 bits per heavy atom. The molecule has 2 saturated carbocycles. The van der Waals surface area contributed by atoms with Crippen molar-refractivity contribution < 1.29 is 10.1 Å². The van der Waals surface area contributed by atoms with Crippen molar-refractivity contribution in [2.24, 2.45) is 23.2 Å². The van der Waals surface area contributed by atoms with Gasteiger partial charge in [-0.25, -0.2) is 4.89 Å². The van der Waals surface area contributed by atoms with E-state index in [1.807, 2.05) is 0 Å². The molecule has 2 heteroatoms. The maximum atomic E-state index is 9.48. The molecule has 3 aliphatic rings. The fourth-order valence-electron chi connectivity index (χ4n) is 4.57. The molecular formula is C15H22O2. The first-order chi connectivity index (χ1) is 7.95. The van der Waals surface area contributed by atoms with Crippen LogP contribution in [0.4, 0.5) is 0 Å². The molecule has 0 aliphatic heterocycles. The van der Waals surface area contributed by atoms with E-state index in [0.717, 1.165) is 24.3 Å². The Hall–Kier alpha value is -0.600. The van der Waals surface area contributed by atoms with Crippen LogP contribution in [0.1, 0.15) is 40.0 Å². The van der Waals surface area contributed by atoms with Gasteiger partial charge in [-0.3, -0.25) is 5.26 Å². The van der Waals surface area contributed by atoms with Gasteiger partial charge in [-0.05, 0) is 42.6 Å². The van der Waals surface area contributed by atoms with Gasteiger partial charge < -0.3 is 0 Å². The normalized spacial score (nSPS) is 46.9. The highest BCUT2D eigenvalue weighted by Gasteiger charge is 2.68. The molecule has 0 aromatic heterocycles. The molecule has 2 fully saturated rings. The Bertz CT molecular complexity index is 407. The predicted molar refractivity (Wildman–Crippen MR) is 67.4 cm³/mol. The van der Waals surface area contributed by atoms with Gasteiger partial charge in [-0.15, -0.1) is 0 Å². The van der Waals surface area contributed by atoms with Crippen LogP contribution in [0.5, 0.6) is 0 Å². The molecule has 0 unspecified atom stereocenters. The topological polar surface area (TPSA) is 29.5 Å². The zero-order valence-electron chi connectivity index (χ0n) is 11.0. The fraction of sp³-hybridized carbons (Fsp3) is 0.733. The van der Waals surface area contributed by atoms with Gasteiger partial charge >= 0.3 is 0 Å². The number of hydrogen-bond acceptors (Lipinski definition) is 2. The van der Waals surface area contributed by atoms with Gasteiger partial charge in [0.15, 0.2) is 0 Å². The van der Waals surface area contributed by atoms with Gasteiger partial charge in [-0.2, -0.15) is 0 Å². The fourth-order valence-corrected chi connectivity index (χ4v) is 4.57. The highest BCUT2D eigenvalue weighted by molar-refractivity contribution is 5.37. The summed E-state index contributed by atoms with van der Waals surface area (Å²) in [5.74, 6) is 1.75. The lowest BCUT2D eigenvalue weighted by Crippen LogP contribution is -2.40. The molecule has 0 amide bonds. The highest BCUT2D eigenvalue weighted by atomic mass is 17.1. The van der Waals surface area contributed by atoms with Crippen LogP contribution in [0.15, 0.2) is 23.8 Å². The second-order valence-corrected chi connectivity index (χ2v) is 6.71. The van der Waals surface area contributed by atoms with Gasteiger partial charge in [-0.1, -0.05) is 32.1 Å². The SMILES string of the molecule is C=C1CC[C@H]2[C@@H]([C@H]3C(C)=CC[C@@]13OO)C2(C)C. The molecule has 0 spiro atoms. The van der Waals surface area contributed by atoms with Crippen molar-refractivity contribution in [2.45, 2.75) is 45.6 Å². The average molecular weight is 234 g/mol. The minimum Gasteiger partial charge on any atom is -0.251 e. The standard InChI is InChI=1S/C15H22O2/c1-9-7-8-15(17-16)10(2)5-6-11-13(12(9)15)14(11,3)4/h7,11-13,16H,2,5-6,8H2,1,3-4H3/t11-,12+,13-,15+/m0/s1. The Balaban J connectivity index is 2.05. The van der Waals surface area contributed by atoms with Crippen molar-refractivity contribution in [1.29, 1.82) is 0 Å². The van der Waals surface area contributed by atoms with Crippen LogP contribution >= 0.6 is 0 Å². The van der Waals surface area contributed by atoms with Crippen LogP contribution in [0.3, 0.4) is 0 Å². The van der Waals surface area contributed by atoms with Crippen molar-refractivity contribution in [3.8, 4) is 0 Å². The van der Waals surface area contributed by atoms with Crippen LogP contribution in [-0.4, -0.2) is 10.9 Å². The third kappa shape index (κ3) is 1.23. The molecule has 4 atom stereocenters. The second-order valence-electron chi connectivity index (χ2n) is 6.71. The monoisotopic (exact) mass is 234 g/mol. The van der Waals surface area contributed by atoms with E-state index in [0.29, 0.717) is 17.3 Å². The average Bonchev–Trinajstić information content (AvgIpc) is 2.69. The summed E-state index contributed by atoms with van der Waals surface area (Å²) in [6.07, 6.45) is 5.20. The second kappa shape index (κ2) is 3.24. The zero-order valence-corrected chi connectivity index (χ0v) is 11.0. The van der Waals surface area contributed by atoms with Crippen molar-refractivity contribution in [1.82, 2.24) is 0 Å². The molecule has 94 valence electrons. The van der Waals surface area contributed by atoms with Crippen molar-refractivity contribution in [3.05, 3.63) is 23.8 Å². The quantitative estimate of drug-likeness (QED) is 0.425. The van der Waals surface area contributed by atoms with Crippen LogP contribution in [0.25, 0.3) is 0 Å². The summed E-state index contributed by atoms with van der Waals surface area (Å²) >= 11 is 0. The van der Waals surface area contributed by atoms with Crippen molar-refractivity contribution >= 4 is 0 Å². The molecular weight excluding hydrogens is 212 g/mol. The van der Waals surface area contributed by atoms with Gasteiger partial charge in [0.2, 0.25) is 0 Å². The number of hydrogen-bond donors (Lipinski definition) is 1. The maximum Gasteiger partial charge on any atom is 0.134 e. The minimum absolute atomic E-state index is 0.336. The first kappa shape index (κ1) is 11.5. The molecule has 0 radical (unpaired) electrons. The molecule has 2 nitrogen and oxygen atoms in total. The number of fused-ring (bicyclic) bond motifs is 3. The first-order valence-corrected chi connectivity index (χ1v) is 6.62. The van der Waals surface area contributed by atoms with Gasteiger partial charge in [0.1, 0.15) is 5.60 Å². The van der Waals surface area contributed by atoms with E-state index in [1.54, 1.807) is 0 Å². The summed E-state index contributed by atoms with van der Waals surface area (Å²) in [7, 11) is 0. The van der Waals surface area contributed by atoms with Crippen LogP contribution in [-0.2, 0) is 4.89 Å². The van der Waals surface area contributed by atoms with Gasteiger partial charge in [0, 0.05) is 12.3 Å². The van der Waals surface area contributed by atoms with E-state index in [-0.39, 0.29) is 0 Å². The van der Waals surface area contributed by atoms with Crippen LogP contribution < -0.4 is 0 Å². The van der Waals surface area contributed by atoms with Crippen LogP contribution in [0, 0.1) is 23.2 Å². The maximum absolute atomic E-state index is 9.48. The zero-order chi connectivity index (χ0) is 12.4. The Labute approximate surface area is 103 Å². The Morgan fingerprint density at radius 1 is 1.47 bits per heavy atom. The Morgan fingerprint density at radius 2 is 2.18 bits per heavy atom. The van der Waals surface area contributed by atoms with E-state index in [9.17, 15) is 5.26 Å². The molecule has 3 rings (SSSR count). The van der Waals surface area contributed by atoms with Gasteiger partial charge in [0.05, 0.1) is 0 Å². The summed E-state index contributed by atoms with van der Waals surface area (Å²) in [6, 6.07) is 0. The lowest BCUT2D eigenvalue weighted by molar-refractivity contribution is -0.320. The summed E-state index contributed by atoms with van der Waals surface area (Å²) in [5, 5.41) is 9.48. The molecule has 0 bridgehead atoms. The van der Waals surface area contributed by atoms with E-state index < -0.39 is 5.60 Å². The highest BCUT2D eigenvalue weighted by Crippen LogP contribution is 2.71. The van der Waals surface area contributed by atoms with E-state index >= 15 is 0 Å². The summed E-state index contributed by atoms with van der Waals surface area (Å²) < 4.78 is 0. The smallest absolute Gasteiger partial charge is 0.134 e. The predicted octanol–water partition coefficient (Wildman–Crippen LogP) is 3.80. The number of rotatable bonds is 1. The first-order valence-electron chi connectivity index (χ1n) is 6.62. The molecule has 0 aromatic rings. The summed E-state index contributed by atoms with van der Waals surface area (Å²) in [4.78, 5) is 5.00. The molecule has 0 heterocycles. The molecule has 0 saturated heterocycles. The summed E-state index contributed by atoms with van der Waals surface area (Å²) in [5.41, 5.74) is 2.34. The lowest BCUT2D eigenvalue weighted by Gasteiger charge is -2.35. The molecule has 3 aliphatic carbocycles. The summed E-state index contributed by atoms with van der Waals surface area (Å²) in [6.45, 7) is 11.1. The van der Waals surface area contributed by atoms with E-state index in [2.05, 4.69) is 33.4 Å². The molecule has 0 aromatic carbocycles. The van der Waals surface area contributed by atoms with E-state index in [4.69, 9.17) is 4.89 Å². The largest absolute Gasteiger partial charge is 0.251 e. The third-order valence-electron chi connectivity index (χ3n) is 5.74. The lowest BCUT2D eigenvalue weighted by atomic mass is 9.76. The van der Waals surface area contributed by atoms with E-state index in [1.165, 1.54) is 12.0 Å². The molecule has 17 heavy (non-hydrogen) atoms. The van der Waals surface area contributed by atoms with Gasteiger partial charge in [0.25, 0.3) is 0 Å².